The van der Waals surface area contributed by atoms with Gasteiger partial charge in [0.15, 0.2) is 0 Å². The van der Waals surface area contributed by atoms with Gasteiger partial charge < -0.3 is 4.74 Å². The van der Waals surface area contributed by atoms with Crippen LogP contribution in [0.4, 0.5) is 0 Å². The summed E-state index contributed by atoms with van der Waals surface area (Å²) in [5, 5.41) is 4.73. The van der Waals surface area contributed by atoms with Crippen molar-refractivity contribution in [3.8, 4) is 11.3 Å². The van der Waals surface area contributed by atoms with E-state index in [4.69, 9.17) is 9.84 Å². The van der Waals surface area contributed by atoms with Crippen molar-refractivity contribution in [1.82, 2.24) is 14.8 Å². The lowest BCUT2D eigenvalue weighted by Gasteiger charge is -2.22. The SMILES string of the molecule is Brc1cnc2c(c1)-c1nn(C3CCCCO3)cc1C2. The van der Waals surface area contributed by atoms with E-state index in [1.807, 2.05) is 10.9 Å². The van der Waals surface area contributed by atoms with Gasteiger partial charge in [-0.2, -0.15) is 5.10 Å². The van der Waals surface area contributed by atoms with Gasteiger partial charge in [-0.1, -0.05) is 0 Å². The highest BCUT2D eigenvalue weighted by atomic mass is 79.9. The summed E-state index contributed by atoms with van der Waals surface area (Å²) < 4.78 is 8.78. The molecule has 4 nitrogen and oxygen atoms in total. The van der Waals surface area contributed by atoms with Gasteiger partial charge in [0, 0.05) is 41.0 Å². The van der Waals surface area contributed by atoms with Gasteiger partial charge in [-0.05, 0) is 41.3 Å². The van der Waals surface area contributed by atoms with E-state index >= 15 is 0 Å². The van der Waals surface area contributed by atoms with Crippen LogP contribution in [0.1, 0.15) is 36.7 Å². The van der Waals surface area contributed by atoms with Crippen molar-refractivity contribution in [2.24, 2.45) is 0 Å². The lowest BCUT2D eigenvalue weighted by molar-refractivity contribution is -0.0394. The Hall–Kier alpha value is -1.20. The van der Waals surface area contributed by atoms with E-state index in [9.17, 15) is 0 Å². The van der Waals surface area contributed by atoms with Crippen LogP contribution in [0.2, 0.25) is 0 Å². The molecule has 1 atom stereocenters. The summed E-state index contributed by atoms with van der Waals surface area (Å²) in [6.45, 7) is 0.846. The number of aromatic nitrogens is 3. The number of hydrogen-bond acceptors (Lipinski definition) is 3. The highest BCUT2D eigenvalue weighted by Crippen LogP contribution is 2.36. The number of fused-ring (bicyclic) bond motifs is 3. The van der Waals surface area contributed by atoms with E-state index in [1.165, 1.54) is 12.0 Å². The first-order valence-electron chi connectivity index (χ1n) is 6.66. The fourth-order valence-corrected chi connectivity index (χ4v) is 3.19. The van der Waals surface area contributed by atoms with Crippen LogP contribution in [0, 0.1) is 0 Å². The Morgan fingerprint density at radius 2 is 2.32 bits per heavy atom. The van der Waals surface area contributed by atoms with Crippen LogP contribution in [0.25, 0.3) is 11.3 Å². The average Bonchev–Trinajstić information content (AvgIpc) is 2.98. The van der Waals surface area contributed by atoms with E-state index in [0.717, 1.165) is 47.3 Å². The molecule has 0 amide bonds. The first kappa shape index (κ1) is 11.6. The molecular weight excluding hydrogens is 306 g/mol. The first-order valence-corrected chi connectivity index (χ1v) is 7.45. The van der Waals surface area contributed by atoms with Crippen LogP contribution in [-0.2, 0) is 11.2 Å². The van der Waals surface area contributed by atoms with Gasteiger partial charge >= 0.3 is 0 Å². The number of halogens is 1. The molecule has 98 valence electrons. The van der Waals surface area contributed by atoms with Crippen molar-refractivity contribution in [3.05, 3.63) is 34.2 Å². The molecule has 4 rings (SSSR count). The van der Waals surface area contributed by atoms with E-state index in [1.54, 1.807) is 0 Å². The van der Waals surface area contributed by atoms with Gasteiger partial charge in [0.25, 0.3) is 0 Å². The average molecular weight is 320 g/mol. The highest BCUT2D eigenvalue weighted by molar-refractivity contribution is 9.10. The van der Waals surface area contributed by atoms with Gasteiger partial charge in [-0.3, -0.25) is 4.98 Å². The number of rotatable bonds is 1. The molecule has 0 N–H and O–H groups in total. The molecule has 0 radical (unpaired) electrons. The van der Waals surface area contributed by atoms with Gasteiger partial charge in [-0.15, -0.1) is 0 Å². The molecule has 2 aliphatic rings. The normalized spacial score (nSPS) is 21.2. The van der Waals surface area contributed by atoms with Crippen LogP contribution in [0.3, 0.4) is 0 Å². The molecule has 1 unspecified atom stereocenters. The van der Waals surface area contributed by atoms with Crippen LogP contribution < -0.4 is 0 Å². The van der Waals surface area contributed by atoms with Gasteiger partial charge in [0.1, 0.15) is 6.23 Å². The Morgan fingerprint density at radius 1 is 1.37 bits per heavy atom. The molecule has 0 spiro atoms. The standard InChI is InChI=1S/C14H14BrN3O/c15-10-6-11-12(16-7-10)5-9-8-18(17-14(9)11)13-3-1-2-4-19-13/h6-8,13H,1-5H2. The Balaban J connectivity index is 1.72. The summed E-state index contributed by atoms with van der Waals surface area (Å²) in [4.78, 5) is 4.46. The van der Waals surface area contributed by atoms with E-state index in [2.05, 4.69) is 33.2 Å². The Bertz CT molecular complexity index is 632. The summed E-state index contributed by atoms with van der Waals surface area (Å²) in [5.74, 6) is 0. The third-order valence-electron chi connectivity index (χ3n) is 3.81. The van der Waals surface area contributed by atoms with Crippen molar-refractivity contribution in [3.63, 3.8) is 0 Å². The third-order valence-corrected chi connectivity index (χ3v) is 4.24. The molecule has 19 heavy (non-hydrogen) atoms. The van der Waals surface area contributed by atoms with E-state index in [0.29, 0.717) is 0 Å². The van der Waals surface area contributed by atoms with E-state index < -0.39 is 0 Å². The highest BCUT2D eigenvalue weighted by Gasteiger charge is 2.26. The predicted octanol–water partition coefficient (Wildman–Crippen LogP) is 3.31. The fraction of sp³-hybridized carbons (Fsp3) is 0.429. The number of ether oxygens (including phenoxy) is 1. The third kappa shape index (κ3) is 1.92. The second-order valence-electron chi connectivity index (χ2n) is 5.13. The quantitative estimate of drug-likeness (QED) is 0.691. The van der Waals surface area contributed by atoms with Crippen molar-refractivity contribution < 1.29 is 4.74 Å². The molecule has 2 aromatic heterocycles. The molecule has 0 bridgehead atoms. The molecule has 1 fully saturated rings. The van der Waals surface area contributed by atoms with Crippen LogP contribution >= 0.6 is 15.9 Å². The Kier molecular flexibility index (Phi) is 2.70. The summed E-state index contributed by atoms with van der Waals surface area (Å²) in [7, 11) is 0. The molecule has 2 aromatic rings. The zero-order valence-corrected chi connectivity index (χ0v) is 12.1. The maximum atomic E-state index is 5.79. The maximum Gasteiger partial charge on any atom is 0.150 e. The van der Waals surface area contributed by atoms with Crippen molar-refractivity contribution in [2.45, 2.75) is 31.9 Å². The Labute approximate surface area is 119 Å². The molecule has 1 aliphatic heterocycles. The zero-order chi connectivity index (χ0) is 12.8. The minimum Gasteiger partial charge on any atom is -0.357 e. The second kappa shape index (κ2) is 4.42. The van der Waals surface area contributed by atoms with Gasteiger partial charge in [0.05, 0.1) is 11.4 Å². The van der Waals surface area contributed by atoms with Crippen molar-refractivity contribution >= 4 is 15.9 Å². The predicted molar refractivity (Wildman–Crippen MR) is 74.8 cm³/mol. The zero-order valence-electron chi connectivity index (χ0n) is 10.5. The summed E-state index contributed by atoms with van der Waals surface area (Å²) in [5.41, 5.74) is 4.60. The van der Waals surface area contributed by atoms with Crippen LogP contribution in [0.15, 0.2) is 22.9 Å². The number of nitrogens with zero attached hydrogens (tertiary/aromatic N) is 3. The topological polar surface area (TPSA) is 39.9 Å². The van der Waals surface area contributed by atoms with E-state index in [-0.39, 0.29) is 6.23 Å². The summed E-state index contributed by atoms with van der Waals surface area (Å²) in [6, 6.07) is 2.10. The monoisotopic (exact) mass is 319 g/mol. The molecular formula is C14H14BrN3O. The van der Waals surface area contributed by atoms with Gasteiger partial charge in [0.2, 0.25) is 0 Å². The number of hydrogen-bond donors (Lipinski definition) is 0. The fourth-order valence-electron chi connectivity index (χ4n) is 2.86. The smallest absolute Gasteiger partial charge is 0.150 e. The molecule has 5 heteroatoms. The van der Waals surface area contributed by atoms with Crippen LogP contribution in [-0.4, -0.2) is 21.4 Å². The second-order valence-corrected chi connectivity index (χ2v) is 6.04. The molecule has 3 heterocycles. The number of pyridine rings is 1. The minimum absolute atomic E-state index is 0.114. The van der Waals surface area contributed by atoms with Gasteiger partial charge in [-0.25, -0.2) is 4.68 Å². The molecule has 0 saturated carbocycles. The maximum absolute atomic E-state index is 5.79. The molecule has 1 saturated heterocycles. The summed E-state index contributed by atoms with van der Waals surface area (Å²) in [6.07, 6.45) is 8.41. The minimum atomic E-state index is 0.114. The summed E-state index contributed by atoms with van der Waals surface area (Å²) >= 11 is 3.48. The molecule has 1 aliphatic carbocycles. The van der Waals surface area contributed by atoms with Crippen molar-refractivity contribution in [2.75, 3.05) is 6.61 Å². The van der Waals surface area contributed by atoms with Crippen molar-refractivity contribution in [1.29, 1.82) is 0 Å². The Morgan fingerprint density at radius 3 is 3.16 bits per heavy atom. The molecule has 0 aromatic carbocycles. The lowest BCUT2D eigenvalue weighted by Crippen LogP contribution is -2.18. The van der Waals surface area contributed by atoms with Crippen LogP contribution in [0.5, 0.6) is 0 Å². The lowest BCUT2D eigenvalue weighted by atomic mass is 10.2. The largest absolute Gasteiger partial charge is 0.357 e. The first-order chi connectivity index (χ1) is 9.31.